The fourth-order valence-corrected chi connectivity index (χ4v) is 2.29. The second kappa shape index (κ2) is 6.00. The molecule has 6 heteroatoms. The van der Waals surface area contributed by atoms with Crippen molar-refractivity contribution in [2.24, 2.45) is 0 Å². The van der Waals surface area contributed by atoms with Crippen molar-refractivity contribution in [1.29, 1.82) is 0 Å². The molecule has 1 N–H and O–H groups in total. The SMILES string of the molecule is Cc1ccc(NC(=O)Cn2ncc(=O)c3ccccc32)cc1F. The number of aromatic nitrogens is 2. The quantitative estimate of drug-likeness (QED) is 0.808. The van der Waals surface area contributed by atoms with Gasteiger partial charge in [0.2, 0.25) is 11.3 Å². The Hall–Kier alpha value is -3.02. The maximum Gasteiger partial charge on any atom is 0.246 e. The molecule has 0 aliphatic rings. The number of fused-ring (bicyclic) bond motifs is 1. The molecular weight excluding hydrogens is 297 g/mol. The first-order chi connectivity index (χ1) is 11.0. The van der Waals surface area contributed by atoms with Gasteiger partial charge in [0.1, 0.15) is 12.4 Å². The molecule has 23 heavy (non-hydrogen) atoms. The van der Waals surface area contributed by atoms with Gasteiger partial charge in [0.25, 0.3) is 0 Å². The third-order valence-corrected chi connectivity index (χ3v) is 3.51. The number of anilines is 1. The number of carbonyl (C=O) groups excluding carboxylic acids is 1. The number of hydrogen-bond donors (Lipinski definition) is 1. The fourth-order valence-electron chi connectivity index (χ4n) is 2.29. The maximum absolute atomic E-state index is 13.5. The van der Waals surface area contributed by atoms with Gasteiger partial charge in [-0.15, -0.1) is 0 Å². The molecule has 1 amide bonds. The Balaban J connectivity index is 1.84. The highest BCUT2D eigenvalue weighted by Crippen LogP contribution is 2.14. The first-order valence-corrected chi connectivity index (χ1v) is 7.05. The number of rotatable bonds is 3. The van der Waals surface area contributed by atoms with Crippen LogP contribution in [-0.4, -0.2) is 15.7 Å². The van der Waals surface area contributed by atoms with Crippen LogP contribution in [0.2, 0.25) is 0 Å². The minimum Gasteiger partial charge on any atom is -0.324 e. The van der Waals surface area contributed by atoms with Crippen LogP contribution in [0.4, 0.5) is 10.1 Å². The smallest absolute Gasteiger partial charge is 0.246 e. The number of nitrogens with one attached hydrogen (secondary N) is 1. The van der Waals surface area contributed by atoms with E-state index in [2.05, 4.69) is 10.4 Å². The summed E-state index contributed by atoms with van der Waals surface area (Å²) in [5.41, 5.74) is 1.27. The Labute approximate surface area is 131 Å². The average Bonchev–Trinajstić information content (AvgIpc) is 2.54. The van der Waals surface area contributed by atoms with Crippen molar-refractivity contribution in [3.8, 4) is 0 Å². The number of hydrogen-bond acceptors (Lipinski definition) is 3. The lowest BCUT2D eigenvalue weighted by Gasteiger charge is -2.10. The summed E-state index contributed by atoms with van der Waals surface area (Å²) < 4.78 is 14.9. The summed E-state index contributed by atoms with van der Waals surface area (Å²) in [5, 5.41) is 7.11. The normalized spacial score (nSPS) is 10.7. The van der Waals surface area contributed by atoms with Crippen molar-refractivity contribution in [2.45, 2.75) is 13.5 Å². The first-order valence-electron chi connectivity index (χ1n) is 7.05. The van der Waals surface area contributed by atoms with Crippen molar-refractivity contribution in [1.82, 2.24) is 9.78 Å². The van der Waals surface area contributed by atoms with Crippen molar-refractivity contribution in [2.75, 3.05) is 5.32 Å². The second-order valence-electron chi connectivity index (χ2n) is 5.20. The lowest BCUT2D eigenvalue weighted by Crippen LogP contribution is -2.22. The van der Waals surface area contributed by atoms with E-state index in [1.54, 1.807) is 43.3 Å². The molecular formula is C17H14FN3O2. The largest absolute Gasteiger partial charge is 0.324 e. The third-order valence-electron chi connectivity index (χ3n) is 3.51. The van der Waals surface area contributed by atoms with Crippen LogP contribution in [0, 0.1) is 12.7 Å². The van der Waals surface area contributed by atoms with Gasteiger partial charge in [0.05, 0.1) is 11.7 Å². The molecule has 116 valence electrons. The van der Waals surface area contributed by atoms with Crippen LogP contribution in [0.3, 0.4) is 0 Å². The molecule has 0 saturated carbocycles. The van der Waals surface area contributed by atoms with Gasteiger partial charge < -0.3 is 5.32 Å². The number of benzene rings is 2. The number of aryl methyl sites for hydroxylation is 1. The first kappa shape index (κ1) is 14.9. The molecule has 3 aromatic rings. The van der Waals surface area contributed by atoms with Gasteiger partial charge in [-0.25, -0.2) is 4.39 Å². The van der Waals surface area contributed by atoms with E-state index < -0.39 is 0 Å². The van der Waals surface area contributed by atoms with Gasteiger partial charge in [0, 0.05) is 11.1 Å². The molecule has 0 radical (unpaired) electrons. The predicted octanol–water partition coefficient (Wildman–Crippen LogP) is 2.48. The molecule has 0 bridgehead atoms. The molecule has 0 aliphatic heterocycles. The van der Waals surface area contributed by atoms with Crippen LogP contribution in [-0.2, 0) is 11.3 Å². The van der Waals surface area contributed by atoms with Crippen LogP contribution < -0.4 is 10.7 Å². The Morgan fingerprint density at radius 2 is 2.04 bits per heavy atom. The Kier molecular flexibility index (Phi) is 3.89. The van der Waals surface area contributed by atoms with Gasteiger partial charge in [-0.3, -0.25) is 14.3 Å². The Morgan fingerprint density at radius 3 is 2.83 bits per heavy atom. The minimum absolute atomic E-state index is 0.0731. The van der Waals surface area contributed by atoms with E-state index in [1.165, 1.54) is 16.9 Å². The molecule has 5 nitrogen and oxygen atoms in total. The number of amides is 1. The summed E-state index contributed by atoms with van der Waals surface area (Å²) in [6.07, 6.45) is 1.18. The minimum atomic E-state index is -0.380. The van der Waals surface area contributed by atoms with Crippen molar-refractivity contribution in [3.63, 3.8) is 0 Å². The van der Waals surface area contributed by atoms with Crippen LogP contribution in [0.5, 0.6) is 0 Å². The maximum atomic E-state index is 13.5. The molecule has 0 aliphatic carbocycles. The van der Waals surface area contributed by atoms with E-state index in [9.17, 15) is 14.0 Å². The molecule has 0 fully saturated rings. The van der Waals surface area contributed by atoms with Gasteiger partial charge in [-0.2, -0.15) is 5.10 Å². The van der Waals surface area contributed by atoms with Crippen molar-refractivity contribution in [3.05, 3.63) is 70.3 Å². The second-order valence-corrected chi connectivity index (χ2v) is 5.20. The van der Waals surface area contributed by atoms with Gasteiger partial charge in [-0.05, 0) is 36.8 Å². The number of halogens is 1. The zero-order chi connectivity index (χ0) is 16.4. The number of para-hydroxylation sites is 1. The lowest BCUT2D eigenvalue weighted by atomic mass is 10.2. The highest BCUT2D eigenvalue weighted by molar-refractivity contribution is 5.91. The molecule has 3 rings (SSSR count). The highest BCUT2D eigenvalue weighted by atomic mass is 19.1. The average molecular weight is 311 g/mol. The molecule has 0 atom stereocenters. The summed E-state index contributed by atoms with van der Waals surface area (Å²) in [6, 6.07) is 11.4. The van der Waals surface area contributed by atoms with Crippen LogP contribution in [0.25, 0.3) is 10.9 Å². The van der Waals surface area contributed by atoms with Crippen molar-refractivity contribution < 1.29 is 9.18 Å². The van der Waals surface area contributed by atoms with E-state index in [-0.39, 0.29) is 23.7 Å². The summed E-state index contributed by atoms with van der Waals surface area (Å²) >= 11 is 0. The number of nitrogens with zero attached hydrogens (tertiary/aromatic N) is 2. The third kappa shape index (κ3) is 3.11. The summed E-state index contributed by atoms with van der Waals surface area (Å²) in [5.74, 6) is -0.732. The van der Waals surface area contributed by atoms with E-state index in [0.717, 1.165) is 0 Å². The molecule has 0 unspecified atom stereocenters. The molecule has 0 spiro atoms. The van der Waals surface area contributed by atoms with Crippen molar-refractivity contribution >= 4 is 22.5 Å². The van der Waals surface area contributed by atoms with E-state index in [0.29, 0.717) is 22.2 Å². The van der Waals surface area contributed by atoms with Gasteiger partial charge in [0.15, 0.2) is 0 Å². The molecule has 2 aromatic carbocycles. The van der Waals surface area contributed by atoms with Crippen LogP contribution in [0.15, 0.2) is 53.5 Å². The van der Waals surface area contributed by atoms with Crippen LogP contribution in [0.1, 0.15) is 5.56 Å². The zero-order valence-electron chi connectivity index (χ0n) is 12.4. The van der Waals surface area contributed by atoms with Crippen LogP contribution >= 0.6 is 0 Å². The monoisotopic (exact) mass is 311 g/mol. The molecule has 1 aromatic heterocycles. The summed E-state index contributed by atoms with van der Waals surface area (Å²) in [6.45, 7) is 1.58. The number of carbonyl (C=O) groups is 1. The summed E-state index contributed by atoms with van der Waals surface area (Å²) in [7, 11) is 0. The molecule has 1 heterocycles. The van der Waals surface area contributed by atoms with Gasteiger partial charge in [-0.1, -0.05) is 18.2 Å². The predicted molar refractivity (Wildman–Crippen MR) is 85.8 cm³/mol. The van der Waals surface area contributed by atoms with E-state index in [4.69, 9.17) is 0 Å². The van der Waals surface area contributed by atoms with Gasteiger partial charge >= 0.3 is 0 Å². The van der Waals surface area contributed by atoms with E-state index >= 15 is 0 Å². The Bertz CT molecular complexity index is 950. The lowest BCUT2D eigenvalue weighted by molar-refractivity contribution is -0.116. The Morgan fingerprint density at radius 1 is 1.26 bits per heavy atom. The molecule has 0 saturated heterocycles. The summed E-state index contributed by atoms with van der Waals surface area (Å²) in [4.78, 5) is 23.9. The fraction of sp³-hybridized carbons (Fsp3) is 0.118. The standard InChI is InChI=1S/C17H14FN3O2/c1-11-6-7-12(8-14(11)18)20-17(23)10-21-15-5-3-2-4-13(15)16(22)9-19-21/h2-9H,10H2,1H3,(H,20,23). The highest BCUT2D eigenvalue weighted by Gasteiger charge is 2.09. The zero-order valence-corrected chi connectivity index (χ0v) is 12.4. The van der Waals surface area contributed by atoms with E-state index in [1.807, 2.05) is 0 Å². The topological polar surface area (TPSA) is 64.0 Å².